The van der Waals surface area contributed by atoms with Gasteiger partial charge in [0.25, 0.3) is 0 Å². The van der Waals surface area contributed by atoms with Crippen LogP contribution >= 0.6 is 23.2 Å². The lowest BCUT2D eigenvalue weighted by atomic mass is 9.76. The first-order chi connectivity index (χ1) is 14.5. The molecule has 30 heavy (non-hydrogen) atoms. The third-order valence-electron chi connectivity index (χ3n) is 5.42. The quantitative estimate of drug-likeness (QED) is 0.251. The number of rotatable bonds is 9. The molecule has 3 aromatic rings. The molecule has 0 atom stereocenters. The number of hydrogen-bond donors (Lipinski definition) is 0. The molecule has 0 aliphatic carbocycles. The predicted octanol–water partition coefficient (Wildman–Crippen LogP) is 7.27. The van der Waals surface area contributed by atoms with Gasteiger partial charge in [0, 0.05) is 28.5 Å². The highest BCUT2D eigenvalue weighted by Crippen LogP contribution is 2.31. The van der Waals surface area contributed by atoms with Crippen molar-refractivity contribution in [2.75, 3.05) is 0 Å². The molecule has 0 unspecified atom stereocenters. The Morgan fingerprint density at radius 1 is 0.867 bits per heavy atom. The van der Waals surface area contributed by atoms with Crippen LogP contribution in [0.5, 0.6) is 0 Å². The third kappa shape index (κ3) is 7.85. The number of hydrogen-bond acceptors (Lipinski definition) is 1. The minimum absolute atomic E-state index is 0.211. The van der Waals surface area contributed by atoms with Crippen molar-refractivity contribution in [2.45, 2.75) is 64.7 Å². The first-order valence-corrected chi connectivity index (χ1v) is 11.8. The Morgan fingerprint density at radius 2 is 1.40 bits per heavy atom. The number of nitrogens with zero attached hydrogens (tertiary/aromatic N) is 2. The van der Waals surface area contributed by atoms with Gasteiger partial charge in [0.05, 0.1) is 6.33 Å². The first-order valence-electron chi connectivity index (χ1n) is 11.0. The van der Waals surface area contributed by atoms with Gasteiger partial charge in [-0.05, 0) is 42.4 Å². The lowest BCUT2D eigenvalue weighted by Gasteiger charge is -2.15. The zero-order chi connectivity index (χ0) is 21.8. The van der Waals surface area contributed by atoms with Crippen LogP contribution in [0.4, 0.5) is 0 Å². The van der Waals surface area contributed by atoms with Crippen LogP contribution < -0.4 is 0 Å². The molecular weight excluding hydrogens is 410 g/mol. The van der Waals surface area contributed by atoms with E-state index < -0.39 is 0 Å². The normalized spacial score (nSPS) is 10.7. The summed E-state index contributed by atoms with van der Waals surface area (Å²) in [5.41, 5.74) is 3.49. The summed E-state index contributed by atoms with van der Waals surface area (Å²) in [6.07, 6.45) is 12.0. The van der Waals surface area contributed by atoms with E-state index in [1.54, 1.807) is 0 Å². The number of benzene rings is 2. The molecule has 0 spiro atoms. The molecule has 0 fully saturated rings. The average Bonchev–Trinajstić information content (AvgIpc) is 3.16. The van der Waals surface area contributed by atoms with Crippen LogP contribution in [0.3, 0.4) is 0 Å². The summed E-state index contributed by atoms with van der Waals surface area (Å²) in [7, 11) is 2.11. The Labute approximate surface area is 193 Å². The van der Waals surface area contributed by atoms with Crippen molar-refractivity contribution in [1.29, 1.82) is 0 Å². The first kappa shape index (κ1) is 24.6. The van der Waals surface area contributed by atoms with Crippen molar-refractivity contribution in [1.82, 2.24) is 9.55 Å². The van der Waals surface area contributed by atoms with E-state index in [2.05, 4.69) is 31.2 Å². The zero-order valence-electron chi connectivity index (χ0n) is 18.5. The topological polar surface area (TPSA) is 17.8 Å². The fourth-order valence-corrected chi connectivity index (χ4v) is 4.10. The Balaban J connectivity index is 0.000000216. The maximum atomic E-state index is 6.18. The molecule has 0 aliphatic heterocycles. The molecule has 0 aliphatic rings. The highest BCUT2D eigenvalue weighted by atomic mass is 35.5. The van der Waals surface area contributed by atoms with Crippen LogP contribution in [0.15, 0.2) is 61.1 Å². The number of imidazole rings is 1. The number of aryl methyl sites for hydroxylation is 2. The standard InChI is InChI=1S/C13H11BCl2.C12H22N2/c14-13(9-5-1-3-7-11(9)15)10-6-2-4-8-12(10)16;1-3-4-5-6-7-8-9-14-11-13-10-12(14)2/h1-8,13H,14H2;10-11H,3-9H2,1-2H3. The van der Waals surface area contributed by atoms with Crippen molar-refractivity contribution in [2.24, 2.45) is 0 Å². The summed E-state index contributed by atoms with van der Waals surface area (Å²) in [4.78, 5) is 4.11. The monoisotopic (exact) mass is 442 g/mol. The van der Waals surface area contributed by atoms with E-state index in [0.717, 1.165) is 27.7 Å². The minimum Gasteiger partial charge on any atom is -0.335 e. The van der Waals surface area contributed by atoms with Gasteiger partial charge in [-0.15, -0.1) is 0 Å². The smallest absolute Gasteiger partial charge is 0.117 e. The highest BCUT2D eigenvalue weighted by Gasteiger charge is 2.13. The maximum Gasteiger partial charge on any atom is 0.117 e. The van der Waals surface area contributed by atoms with Gasteiger partial charge >= 0.3 is 0 Å². The maximum absolute atomic E-state index is 6.18. The van der Waals surface area contributed by atoms with E-state index in [1.807, 2.05) is 61.1 Å². The van der Waals surface area contributed by atoms with Crippen molar-refractivity contribution >= 4 is 31.0 Å². The molecule has 1 heterocycles. The molecule has 0 radical (unpaired) electrons. The second-order valence-corrected chi connectivity index (χ2v) is 8.58. The molecule has 1 aromatic heterocycles. The third-order valence-corrected chi connectivity index (χ3v) is 6.10. The van der Waals surface area contributed by atoms with Gasteiger partial charge in [0.15, 0.2) is 0 Å². The summed E-state index contributed by atoms with van der Waals surface area (Å²) in [6.45, 7) is 5.51. The average molecular weight is 443 g/mol. The molecular formula is C25H33BCl2N2. The zero-order valence-corrected chi connectivity index (χ0v) is 20.0. The lowest BCUT2D eigenvalue weighted by Crippen LogP contribution is -2.01. The van der Waals surface area contributed by atoms with Crippen LogP contribution in [0.2, 0.25) is 10.0 Å². The van der Waals surface area contributed by atoms with Crippen molar-refractivity contribution in [3.63, 3.8) is 0 Å². The van der Waals surface area contributed by atoms with Crippen LogP contribution in [-0.2, 0) is 6.54 Å². The fraction of sp³-hybridized carbons (Fsp3) is 0.400. The van der Waals surface area contributed by atoms with Gasteiger partial charge in [-0.2, -0.15) is 0 Å². The van der Waals surface area contributed by atoms with Crippen LogP contribution in [0.25, 0.3) is 0 Å². The number of aromatic nitrogens is 2. The number of unbranched alkanes of at least 4 members (excludes halogenated alkanes) is 5. The Morgan fingerprint density at radius 3 is 1.90 bits per heavy atom. The molecule has 0 bridgehead atoms. The van der Waals surface area contributed by atoms with Crippen LogP contribution in [-0.4, -0.2) is 17.4 Å². The van der Waals surface area contributed by atoms with E-state index >= 15 is 0 Å². The highest BCUT2D eigenvalue weighted by molar-refractivity contribution is 6.34. The van der Waals surface area contributed by atoms with Gasteiger partial charge in [0.2, 0.25) is 0 Å². The van der Waals surface area contributed by atoms with E-state index in [-0.39, 0.29) is 5.82 Å². The van der Waals surface area contributed by atoms with Gasteiger partial charge in [-0.1, -0.05) is 98.6 Å². The van der Waals surface area contributed by atoms with E-state index in [1.165, 1.54) is 44.2 Å². The van der Waals surface area contributed by atoms with E-state index in [4.69, 9.17) is 23.2 Å². The van der Waals surface area contributed by atoms with Crippen molar-refractivity contribution < 1.29 is 0 Å². The van der Waals surface area contributed by atoms with Gasteiger partial charge in [0.1, 0.15) is 7.85 Å². The Bertz CT molecular complexity index is 833. The van der Waals surface area contributed by atoms with E-state index in [9.17, 15) is 0 Å². The Kier molecular flexibility index (Phi) is 11.1. The molecule has 0 saturated carbocycles. The minimum atomic E-state index is 0.211. The van der Waals surface area contributed by atoms with Gasteiger partial charge in [-0.25, -0.2) is 4.98 Å². The summed E-state index contributed by atoms with van der Waals surface area (Å²) >= 11 is 12.4. The fourth-order valence-electron chi connectivity index (χ4n) is 3.50. The lowest BCUT2D eigenvalue weighted by molar-refractivity contribution is 0.552. The Hall–Kier alpha value is -1.71. The van der Waals surface area contributed by atoms with Crippen molar-refractivity contribution in [3.05, 3.63) is 87.9 Å². The SMILES string of the molecule is BC(c1ccccc1Cl)c1ccccc1Cl.CCCCCCCCn1cncc1C. The molecule has 0 N–H and O–H groups in total. The second kappa shape index (κ2) is 13.6. The largest absolute Gasteiger partial charge is 0.335 e. The molecule has 160 valence electrons. The molecule has 2 nitrogen and oxygen atoms in total. The molecule has 3 rings (SSSR count). The molecule has 2 aromatic carbocycles. The predicted molar refractivity (Wildman–Crippen MR) is 134 cm³/mol. The van der Waals surface area contributed by atoms with E-state index in [0.29, 0.717) is 0 Å². The van der Waals surface area contributed by atoms with Crippen molar-refractivity contribution in [3.8, 4) is 0 Å². The summed E-state index contributed by atoms with van der Waals surface area (Å²) in [5.74, 6) is 0.211. The summed E-state index contributed by atoms with van der Waals surface area (Å²) in [5, 5.41) is 1.57. The number of halogens is 2. The second-order valence-electron chi connectivity index (χ2n) is 7.76. The summed E-state index contributed by atoms with van der Waals surface area (Å²) in [6, 6.07) is 15.8. The molecule has 0 amide bonds. The van der Waals surface area contributed by atoms with Crippen LogP contribution in [0, 0.1) is 6.92 Å². The van der Waals surface area contributed by atoms with Crippen LogP contribution in [0.1, 0.15) is 68.1 Å². The molecule has 5 heteroatoms. The molecule has 0 saturated heterocycles. The van der Waals surface area contributed by atoms with Gasteiger partial charge < -0.3 is 4.57 Å². The van der Waals surface area contributed by atoms with Gasteiger partial charge in [-0.3, -0.25) is 0 Å². The summed E-state index contributed by atoms with van der Waals surface area (Å²) < 4.78 is 2.24.